The summed E-state index contributed by atoms with van der Waals surface area (Å²) in [6.07, 6.45) is 3.21. The van der Waals surface area contributed by atoms with Crippen molar-refractivity contribution in [3.8, 4) is 17.6 Å². The zero-order chi connectivity index (χ0) is 21.5. The molecule has 2 aromatic carbocycles. The molecular weight excluding hydrogens is 378 g/mol. The third-order valence-corrected chi connectivity index (χ3v) is 4.33. The molecule has 1 heterocycles. The summed E-state index contributed by atoms with van der Waals surface area (Å²) >= 11 is 0. The molecule has 6 heteroatoms. The highest BCUT2D eigenvalue weighted by Gasteiger charge is 2.13. The Balaban J connectivity index is 1.84. The maximum Gasteiger partial charge on any atom is 0.266 e. The van der Waals surface area contributed by atoms with E-state index >= 15 is 0 Å². The van der Waals surface area contributed by atoms with Crippen molar-refractivity contribution in [2.75, 3.05) is 19.0 Å². The van der Waals surface area contributed by atoms with E-state index in [-0.39, 0.29) is 5.57 Å². The van der Waals surface area contributed by atoms with Crippen LogP contribution in [0.25, 0.3) is 17.0 Å². The van der Waals surface area contributed by atoms with E-state index in [4.69, 9.17) is 9.47 Å². The highest BCUT2D eigenvalue weighted by Crippen LogP contribution is 2.29. The number of nitrogens with one attached hydrogen (secondary N) is 1. The predicted molar refractivity (Wildman–Crippen MR) is 117 cm³/mol. The summed E-state index contributed by atoms with van der Waals surface area (Å²) in [4.78, 5) is 17.0. The number of ether oxygens (including phenoxy) is 2. The number of carbonyl (C=O) groups excluding carboxylic acids is 1. The van der Waals surface area contributed by atoms with Gasteiger partial charge in [0.25, 0.3) is 5.91 Å². The monoisotopic (exact) mass is 401 g/mol. The lowest BCUT2D eigenvalue weighted by Crippen LogP contribution is -2.13. The summed E-state index contributed by atoms with van der Waals surface area (Å²) in [7, 11) is 1.55. The number of hydrogen-bond acceptors (Lipinski definition) is 5. The van der Waals surface area contributed by atoms with Gasteiger partial charge in [-0.3, -0.25) is 9.78 Å². The van der Waals surface area contributed by atoms with Crippen LogP contribution < -0.4 is 14.8 Å². The third kappa shape index (κ3) is 4.95. The second kappa shape index (κ2) is 9.57. The molecule has 3 rings (SSSR count). The number of fused-ring (bicyclic) bond motifs is 1. The topological polar surface area (TPSA) is 84.2 Å². The fourth-order valence-corrected chi connectivity index (χ4v) is 2.87. The van der Waals surface area contributed by atoms with Crippen LogP contribution in [0.4, 0.5) is 5.69 Å². The van der Waals surface area contributed by atoms with Crippen molar-refractivity contribution >= 4 is 28.6 Å². The Labute approximate surface area is 175 Å². The van der Waals surface area contributed by atoms with Crippen molar-refractivity contribution < 1.29 is 14.3 Å². The number of anilines is 1. The minimum Gasteiger partial charge on any atom is -0.493 e. The molecule has 0 saturated carbocycles. The fraction of sp³-hybridized carbons (Fsp3) is 0.208. The summed E-state index contributed by atoms with van der Waals surface area (Å²) in [6, 6.07) is 16.4. The van der Waals surface area contributed by atoms with Gasteiger partial charge in [-0.1, -0.05) is 26.0 Å². The van der Waals surface area contributed by atoms with Gasteiger partial charge >= 0.3 is 0 Å². The molecule has 0 aliphatic heterocycles. The average molecular weight is 401 g/mol. The number of nitriles is 1. The van der Waals surface area contributed by atoms with E-state index in [1.165, 1.54) is 6.08 Å². The maximum absolute atomic E-state index is 12.7. The zero-order valence-corrected chi connectivity index (χ0v) is 17.2. The van der Waals surface area contributed by atoms with Crippen molar-refractivity contribution in [1.82, 2.24) is 4.98 Å². The summed E-state index contributed by atoms with van der Waals surface area (Å²) in [5, 5.41) is 13.1. The lowest BCUT2D eigenvalue weighted by Gasteiger charge is -2.13. The second-order valence-electron chi connectivity index (χ2n) is 7.11. The molecule has 0 radical (unpaired) electrons. The van der Waals surface area contributed by atoms with Crippen LogP contribution in [-0.2, 0) is 4.79 Å². The Bertz CT molecular complexity index is 1120. The van der Waals surface area contributed by atoms with E-state index in [9.17, 15) is 10.1 Å². The number of methoxy groups -OCH3 is 1. The Morgan fingerprint density at radius 2 is 2.03 bits per heavy atom. The van der Waals surface area contributed by atoms with E-state index in [2.05, 4.69) is 24.1 Å². The number of rotatable bonds is 7. The Kier molecular flexibility index (Phi) is 6.66. The minimum atomic E-state index is -0.493. The first kappa shape index (κ1) is 20.9. The van der Waals surface area contributed by atoms with Crippen LogP contribution in [0.15, 0.2) is 60.3 Å². The van der Waals surface area contributed by atoms with Gasteiger partial charge < -0.3 is 14.8 Å². The van der Waals surface area contributed by atoms with E-state index in [0.29, 0.717) is 35.3 Å². The first-order valence-corrected chi connectivity index (χ1v) is 9.59. The molecule has 0 atom stereocenters. The fourth-order valence-electron chi connectivity index (χ4n) is 2.87. The van der Waals surface area contributed by atoms with Crippen LogP contribution in [0, 0.1) is 17.2 Å². The van der Waals surface area contributed by atoms with Crippen molar-refractivity contribution in [1.29, 1.82) is 5.26 Å². The number of hydrogen-bond donors (Lipinski definition) is 1. The molecule has 0 bridgehead atoms. The van der Waals surface area contributed by atoms with Crippen LogP contribution in [0.3, 0.4) is 0 Å². The molecule has 3 aromatic rings. The summed E-state index contributed by atoms with van der Waals surface area (Å²) in [6.45, 7) is 4.69. The van der Waals surface area contributed by atoms with Crippen LogP contribution >= 0.6 is 0 Å². The molecule has 1 N–H and O–H groups in total. The quantitative estimate of drug-likeness (QED) is 0.453. The molecule has 6 nitrogen and oxygen atoms in total. The number of nitrogens with zero attached hydrogens (tertiary/aromatic N) is 2. The van der Waals surface area contributed by atoms with Gasteiger partial charge in [-0.05, 0) is 54.0 Å². The molecule has 0 spiro atoms. The molecule has 0 aliphatic carbocycles. The first-order chi connectivity index (χ1) is 14.5. The SMILES string of the molecule is COc1cc(/C=C(/C#N)C(=O)Nc2cccc3ncccc23)ccc1OCC(C)C. The summed E-state index contributed by atoms with van der Waals surface area (Å²) < 4.78 is 11.1. The summed E-state index contributed by atoms with van der Waals surface area (Å²) in [5.74, 6) is 1.05. The number of pyridine rings is 1. The van der Waals surface area contributed by atoms with E-state index in [0.717, 1.165) is 10.9 Å². The normalized spacial score (nSPS) is 11.2. The Morgan fingerprint density at radius 1 is 1.20 bits per heavy atom. The van der Waals surface area contributed by atoms with Crippen LogP contribution in [-0.4, -0.2) is 24.6 Å². The molecule has 0 saturated heterocycles. The van der Waals surface area contributed by atoms with Gasteiger partial charge in [-0.2, -0.15) is 5.26 Å². The van der Waals surface area contributed by atoms with Crippen molar-refractivity contribution in [3.63, 3.8) is 0 Å². The lowest BCUT2D eigenvalue weighted by atomic mass is 10.1. The van der Waals surface area contributed by atoms with Gasteiger partial charge in [-0.25, -0.2) is 0 Å². The van der Waals surface area contributed by atoms with Crippen LogP contribution in [0.2, 0.25) is 0 Å². The average Bonchev–Trinajstić information content (AvgIpc) is 2.76. The number of carbonyl (C=O) groups is 1. The molecule has 152 valence electrons. The van der Waals surface area contributed by atoms with Gasteiger partial charge in [0.1, 0.15) is 11.6 Å². The van der Waals surface area contributed by atoms with E-state index < -0.39 is 5.91 Å². The molecule has 0 unspecified atom stereocenters. The third-order valence-electron chi connectivity index (χ3n) is 4.33. The smallest absolute Gasteiger partial charge is 0.266 e. The van der Waals surface area contributed by atoms with Crippen molar-refractivity contribution in [3.05, 3.63) is 65.9 Å². The van der Waals surface area contributed by atoms with Gasteiger partial charge in [0.15, 0.2) is 11.5 Å². The van der Waals surface area contributed by atoms with Gasteiger partial charge in [0.05, 0.1) is 24.9 Å². The Hall–Kier alpha value is -3.85. The molecule has 0 fully saturated rings. The molecule has 1 amide bonds. The van der Waals surface area contributed by atoms with Crippen LogP contribution in [0.5, 0.6) is 11.5 Å². The number of benzene rings is 2. The predicted octanol–water partition coefficient (Wildman–Crippen LogP) is 4.82. The molecule has 30 heavy (non-hydrogen) atoms. The van der Waals surface area contributed by atoms with Crippen molar-refractivity contribution in [2.24, 2.45) is 5.92 Å². The number of amides is 1. The highest BCUT2D eigenvalue weighted by molar-refractivity contribution is 6.12. The number of aromatic nitrogens is 1. The van der Waals surface area contributed by atoms with E-state index in [1.807, 2.05) is 24.3 Å². The van der Waals surface area contributed by atoms with Crippen LogP contribution in [0.1, 0.15) is 19.4 Å². The lowest BCUT2D eigenvalue weighted by molar-refractivity contribution is -0.112. The van der Waals surface area contributed by atoms with E-state index in [1.54, 1.807) is 43.6 Å². The van der Waals surface area contributed by atoms with Gasteiger partial charge in [0, 0.05) is 11.6 Å². The Morgan fingerprint density at radius 3 is 2.77 bits per heavy atom. The molecule has 0 aliphatic rings. The zero-order valence-electron chi connectivity index (χ0n) is 17.2. The minimum absolute atomic E-state index is 0.0196. The maximum atomic E-state index is 12.7. The largest absolute Gasteiger partial charge is 0.493 e. The van der Waals surface area contributed by atoms with Gasteiger partial charge in [-0.15, -0.1) is 0 Å². The van der Waals surface area contributed by atoms with Crippen molar-refractivity contribution in [2.45, 2.75) is 13.8 Å². The molecule has 1 aromatic heterocycles. The highest BCUT2D eigenvalue weighted by atomic mass is 16.5. The summed E-state index contributed by atoms with van der Waals surface area (Å²) in [5.41, 5.74) is 2.00. The standard InChI is InChI=1S/C24H23N3O3/c1-16(2)15-30-22-10-9-17(13-23(22)29-3)12-18(14-25)24(28)27-21-8-4-7-20-19(21)6-5-11-26-20/h4-13,16H,15H2,1-3H3,(H,27,28)/b18-12-. The molecular formula is C24H23N3O3. The van der Waals surface area contributed by atoms with Gasteiger partial charge in [0.2, 0.25) is 0 Å². The first-order valence-electron chi connectivity index (χ1n) is 9.59. The second-order valence-corrected chi connectivity index (χ2v) is 7.11.